The molecule has 146 valence electrons. The van der Waals surface area contributed by atoms with Gasteiger partial charge in [-0.25, -0.2) is 9.78 Å². The molecule has 0 bridgehead atoms. The van der Waals surface area contributed by atoms with Crippen molar-refractivity contribution < 1.29 is 9.53 Å². The van der Waals surface area contributed by atoms with Crippen LogP contribution in [0.5, 0.6) is 0 Å². The zero-order valence-corrected chi connectivity index (χ0v) is 15.7. The molecule has 0 saturated heterocycles. The van der Waals surface area contributed by atoms with E-state index in [2.05, 4.69) is 20.3 Å². The number of thioether (sulfide) groups is 1. The number of anilines is 1. The van der Waals surface area contributed by atoms with Gasteiger partial charge in [0.15, 0.2) is 5.16 Å². The molecule has 1 aromatic carbocycles. The smallest absolute Gasteiger partial charge is 0.329 e. The van der Waals surface area contributed by atoms with Crippen molar-refractivity contribution in [2.75, 3.05) is 24.8 Å². The minimum atomic E-state index is -0.645. The summed E-state index contributed by atoms with van der Waals surface area (Å²) in [7, 11) is 1.48. The Morgan fingerprint density at radius 2 is 2.04 bits per heavy atom. The van der Waals surface area contributed by atoms with Gasteiger partial charge in [0, 0.05) is 13.2 Å². The predicted octanol–water partition coefficient (Wildman–Crippen LogP) is 0.150. The fourth-order valence-electron chi connectivity index (χ4n) is 2.47. The number of ether oxygens (including phenoxy) is 1. The van der Waals surface area contributed by atoms with Gasteiger partial charge in [-0.1, -0.05) is 23.9 Å². The van der Waals surface area contributed by atoms with Crippen LogP contribution in [0.2, 0.25) is 0 Å². The van der Waals surface area contributed by atoms with E-state index < -0.39 is 17.2 Å². The molecule has 0 atom stereocenters. The Morgan fingerprint density at radius 1 is 1.25 bits per heavy atom. The summed E-state index contributed by atoms with van der Waals surface area (Å²) in [5.41, 5.74) is -1.04. The van der Waals surface area contributed by atoms with Crippen LogP contribution in [0.25, 0.3) is 10.9 Å². The number of carbonyl (C=O) groups is 1. The minimum absolute atomic E-state index is 0.0661. The van der Waals surface area contributed by atoms with Gasteiger partial charge in [-0.05, 0) is 12.1 Å². The normalized spacial score (nSPS) is 10.9. The van der Waals surface area contributed by atoms with Crippen LogP contribution in [0, 0.1) is 0 Å². The molecule has 0 saturated carbocycles. The van der Waals surface area contributed by atoms with Gasteiger partial charge < -0.3 is 15.0 Å². The van der Waals surface area contributed by atoms with Gasteiger partial charge in [0.2, 0.25) is 5.91 Å². The third-order valence-corrected chi connectivity index (χ3v) is 4.62. The number of hydrogen-bond acceptors (Lipinski definition) is 7. The van der Waals surface area contributed by atoms with Gasteiger partial charge in [-0.2, -0.15) is 0 Å². The SMILES string of the molecule is COCCn1c(NC(=O)CSc2nc3ccccc3c(=O)[nH]2)cc(=O)[nH]c1=O. The van der Waals surface area contributed by atoms with E-state index in [1.165, 1.54) is 11.7 Å². The van der Waals surface area contributed by atoms with Crippen LogP contribution in [0.1, 0.15) is 0 Å². The number of nitrogens with zero attached hydrogens (tertiary/aromatic N) is 2. The quantitative estimate of drug-likeness (QED) is 0.377. The monoisotopic (exact) mass is 403 g/mol. The Balaban J connectivity index is 1.74. The largest absolute Gasteiger partial charge is 0.383 e. The zero-order valence-electron chi connectivity index (χ0n) is 14.9. The molecule has 3 aromatic rings. The summed E-state index contributed by atoms with van der Waals surface area (Å²) >= 11 is 1.03. The van der Waals surface area contributed by atoms with E-state index in [-0.39, 0.29) is 30.3 Å². The van der Waals surface area contributed by atoms with Gasteiger partial charge >= 0.3 is 5.69 Å². The first-order valence-electron chi connectivity index (χ1n) is 8.23. The highest BCUT2D eigenvalue weighted by atomic mass is 32.2. The number of aromatic amines is 2. The molecule has 0 radical (unpaired) electrons. The number of hydrogen-bond donors (Lipinski definition) is 3. The van der Waals surface area contributed by atoms with E-state index in [9.17, 15) is 19.2 Å². The topological polar surface area (TPSA) is 139 Å². The molecule has 0 fully saturated rings. The van der Waals surface area contributed by atoms with Crippen molar-refractivity contribution in [3.05, 3.63) is 61.5 Å². The van der Waals surface area contributed by atoms with Crippen molar-refractivity contribution in [2.24, 2.45) is 0 Å². The van der Waals surface area contributed by atoms with Crippen molar-refractivity contribution in [2.45, 2.75) is 11.7 Å². The Kier molecular flexibility index (Phi) is 6.06. The highest BCUT2D eigenvalue weighted by Crippen LogP contribution is 2.15. The van der Waals surface area contributed by atoms with Crippen molar-refractivity contribution in [3.8, 4) is 0 Å². The second-order valence-electron chi connectivity index (χ2n) is 5.69. The number of rotatable bonds is 7. The highest BCUT2D eigenvalue weighted by molar-refractivity contribution is 7.99. The number of fused-ring (bicyclic) bond motifs is 1. The predicted molar refractivity (Wildman–Crippen MR) is 105 cm³/mol. The molecule has 3 N–H and O–H groups in total. The first kappa shape index (κ1) is 19.6. The average molecular weight is 403 g/mol. The fraction of sp³-hybridized carbons (Fsp3) is 0.235. The summed E-state index contributed by atoms with van der Waals surface area (Å²) in [6.07, 6.45) is 0. The van der Waals surface area contributed by atoms with Crippen LogP contribution in [0.15, 0.2) is 49.9 Å². The van der Waals surface area contributed by atoms with Crippen LogP contribution < -0.4 is 22.1 Å². The van der Waals surface area contributed by atoms with Gasteiger partial charge in [-0.15, -0.1) is 0 Å². The van der Waals surface area contributed by atoms with Crippen LogP contribution >= 0.6 is 11.8 Å². The lowest BCUT2D eigenvalue weighted by Crippen LogP contribution is -2.34. The average Bonchev–Trinajstić information content (AvgIpc) is 2.66. The zero-order chi connectivity index (χ0) is 20.1. The molecule has 0 unspecified atom stereocenters. The van der Waals surface area contributed by atoms with E-state index in [0.717, 1.165) is 17.8 Å². The Labute approximate surface area is 162 Å². The Hall–Kier alpha value is -3.18. The molecule has 2 aromatic heterocycles. The molecule has 3 rings (SSSR count). The third-order valence-electron chi connectivity index (χ3n) is 3.75. The first-order chi connectivity index (χ1) is 13.5. The lowest BCUT2D eigenvalue weighted by molar-refractivity contribution is -0.113. The Morgan fingerprint density at radius 3 is 2.82 bits per heavy atom. The van der Waals surface area contributed by atoms with Gasteiger partial charge in [-0.3, -0.25) is 23.9 Å². The van der Waals surface area contributed by atoms with Gasteiger partial charge in [0.25, 0.3) is 11.1 Å². The molecule has 0 aliphatic rings. The maximum absolute atomic E-state index is 12.3. The number of carbonyl (C=O) groups excluding carboxylic acids is 1. The molecule has 0 aliphatic carbocycles. The van der Waals surface area contributed by atoms with Crippen molar-refractivity contribution in [1.82, 2.24) is 19.5 Å². The molecule has 10 nitrogen and oxygen atoms in total. The number of H-pyrrole nitrogens is 2. The number of benzene rings is 1. The molecule has 28 heavy (non-hydrogen) atoms. The molecule has 0 spiro atoms. The number of aromatic nitrogens is 4. The molecule has 2 heterocycles. The van der Waals surface area contributed by atoms with Crippen LogP contribution in [0.4, 0.5) is 5.82 Å². The third kappa shape index (κ3) is 4.56. The minimum Gasteiger partial charge on any atom is -0.383 e. The standard InChI is InChI=1S/C17H17N5O5S/c1-27-7-6-22-12(8-13(23)20-17(22)26)19-14(24)9-28-16-18-11-5-3-2-4-10(11)15(25)21-16/h2-5,8H,6-7,9H2,1H3,(H,19,24)(H,18,21,25)(H,20,23,26). The summed E-state index contributed by atoms with van der Waals surface area (Å²) in [6, 6.07) is 8.00. The lowest BCUT2D eigenvalue weighted by Gasteiger charge is -2.12. The molecular formula is C17H17N5O5S. The maximum atomic E-state index is 12.3. The summed E-state index contributed by atoms with van der Waals surface area (Å²) in [6.45, 7) is 0.389. The second-order valence-corrected chi connectivity index (χ2v) is 6.66. The maximum Gasteiger partial charge on any atom is 0.329 e. The second kappa shape index (κ2) is 8.67. The van der Waals surface area contributed by atoms with E-state index in [4.69, 9.17) is 4.74 Å². The van der Waals surface area contributed by atoms with E-state index in [1.54, 1.807) is 24.3 Å². The van der Waals surface area contributed by atoms with Gasteiger partial charge in [0.1, 0.15) is 5.82 Å². The van der Waals surface area contributed by atoms with Gasteiger partial charge in [0.05, 0.1) is 29.8 Å². The number of nitrogens with one attached hydrogen (secondary N) is 3. The van der Waals surface area contributed by atoms with Crippen LogP contribution in [0.3, 0.4) is 0 Å². The molecule has 11 heteroatoms. The Bertz CT molecular complexity index is 1180. The van der Waals surface area contributed by atoms with Crippen LogP contribution in [-0.2, 0) is 16.1 Å². The number of amides is 1. The summed E-state index contributed by atoms with van der Waals surface area (Å²) in [5, 5.41) is 3.28. The highest BCUT2D eigenvalue weighted by Gasteiger charge is 2.11. The number of methoxy groups -OCH3 is 1. The fourth-order valence-corrected chi connectivity index (χ4v) is 3.14. The molecule has 0 aliphatic heterocycles. The van der Waals surface area contributed by atoms with Crippen molar-refractivity contribution in [3.63, 3.8) is 0 Å². The summed E-state index contributed by atoms with van der Waals surface area (Å²) in [5.74, 6) is -0.472. The summed E-state index contributed by atoms with van der Waals surface area (Å²) < 4.78 is 6.13. The van der Waals surface area contributed by atoms with Crippen LogP contribution in [-0.4, -0.2) is 44.9 Å². The van der Waals surface area contributed by atoms with Crippen molar-refractivity contribution >= 4 is 34.4 Å². The number of para-hydroxylation sites is 1. The van der Waals surface area contributed by atoms with E-state index >= 15 is 0 Å². The van der Waals surface area contributed by atoms with E-state index in [0.29, 0.717) is 16.1 Å². The molecule has 1 amide bonds. The first-order valence-corrected chi connectivity index (χ1v) is 9.21. The lowest BCUT2D eigenvalue weighted by atomic mass is 10.2. The molecular weight excluding hydrogens is 386 g/mol. The van der Waals surface area contributed by atoms with Crippen molar-refractivity contribution in [1.29, 1.82) is 0 Å². The summed E-state index contributed by atoms with van der Waals surface area (Å²) in [4.78, 5) is 56.9. The van der Waals surface area contributed by atoms with E-state index in [1.807, 2.05) is 0 Å².